The second kappa shape index (κ2) is 8.12. The van der Waals surface area contributed by atoms with Gasteiger partial charge in [-0.05, 0) is 24.7 Å². The van der Waals surface area contributed by atoms with E-state index in [0.717, 1.165) is 32.4 Å². The molecule has 0 bridgehead atoms. The Labute approximate surface area is 95.7 Å². The van der Waals surface area contributed by atoms with Gasteiger partial charge in [0.05, 0.1) is 0 Å². The molecule has 0 heterocycles. The van der Waals surface area contributed by atoms with E-state index in [4.69, 9.17) is 0 Å². The lowest BCUT2D eigenvalue weighted by Gasteiger charge is -2.30. The lowest BCUT2D eigenvalue weighted by Crippen LogP contribution is -2.40. The molecule has 1 N–H and O–H groups in total. The molecule has 2 nitrogen and oxygen atoms in total. The highest BCUT2D eigenvalue weighted by Crippen LogP contribution is 2.11. The number of rotatable bonds is 8. The SMILES string of the molecule is CCCCC(O)N(CC(C)C)CC(C)C. The van der Waals surface area contributed by atoms with Crippen molar-refractivity contribution in [2.45, 2.75) is 60.1 Å². The van der Waals surface area contributed by atoms with E-state index in [1.165, 1.54) is 0 Å². The normalized spacial score (nSPS) is 14.2. The fourth-order valence-electron chi connectivity index (χ4n) is 1.83. The van der Waals surface area contributed by atoms with Gasteiger partial charge in [0.15, 0.2) is 0 Å². The zero-order valence-corrected chi connectivity index (χ0v) is 11.2. The molecule has 0 saturated carbocycles. The van der Waals surface area contributed by atoms with Gasteiger partial charge < -0.3 is 5.11 Å². The van der Waals surface area contributed by atoms with Crippen LogP contribution in [0.4, 0.5) is 0 Å². The third kappa shape index (κ3) is 7.80. The Bertz CT molecular complexity index is 135. The smallest absolute Gasteiger partial charge is 0.107 e. The highest BCUT2D eigenvalue weighted by molar-refractivity contribution is 4.66. The van der Waals surface area contributed by atoms with Gasteiger partial charge in [-0.15, -0.1) is 0 Å². The summed E-state index contributed by atoms with van der Waals surface area (Å²) in [5.41, 5.74) is 0. The third-order valence-electron chi connectivity index (χ3n) is 2.44. The molecule has 0 aromatic heterocycles. The van der Waals surface area contributed by atoms with Crippen LogP contribution in [0.3, 0.4) is 0 Å². The molecule has 0 aliphatic carbocycles. The van der Waals surface area contributed by atoms with Crippen molar-refractivity contribution in [3.05, 3.63) is 0 Å². The summed E-state index contributed by atoms with van der Waals surface area (Å²) in [5, 5.41) is 10.1. The highest BCUT2D eigenvalue weighted by Gasteiger charge is 2.17. The Hall–Kier alpha value is -0.0800. The largest absolute Gasteiger partial charge is 0.378 e. The van der Waals surface area contributed by atoms with E-state index in [2.05, 4.69) is 39.5 Å². The van der Waals surface area contributed by atoms with Crippen LogP contribution < -0.4 is 0 Å². The molecule has 0 amide bonds. The summed E-state index contributed by atoms with van der Waals surface area (Å²) < 4.78 is 0. The van der Waals surface area contributed by atoms with E-state index >= 15 is 0 Å². The van der Waals surface area contributed by atoms with Crippen molar-refractivity contribution in [2.75, 3.05) is 13.1 Å². The fourth-order valence-corrected chi connectivity index (χ4v) is 1.83. The zero-order valence-electron chi connectivity index (χ0n) is 11.2. The Morgan fingerprint density at radius 1 is 1.00 bits per heavy atom. The van der Waals surface area contributed by atoms with E-state index in [1.807, 2.05) is 0 Å². The summed E-state index contributed by atoms with van der Waals surface area (Å²) in [4.78, 5) is 2.23. The second-order valence-electron chi connectivity index (χ2n) is 5.36. The highest BCUT2D eigenvalue weighted by atomic mass is 16.3. The summed E-state index contributed by atoms with van der Waals surface area (Å²) in [6, 6.07) is 0. The van der Waals surface area contributed by atoms with Crippen LogP contribution in [0, 0.1) is 11.8 Å². The molecular formula is C13H29NO. The van der Waals surface area contributed by atoms with Gasteiger partial charge in [0, 0.05) is 13.1 Å². The topological polar surface area (TPSA) is 23.5 Å². The van der Waals surface area contributed by atoms with E-state index in [-0.39, 0.29) is 6.23 Å². The van der Waals surface area contributed by atoms with Crippen molar-refractivity contribution in [3.8, 4) is 0 Å². The van der Waals surface area contributed by atoms with E-state index in [1.54, 1.807) is 0 Å². The molecule has 92 valence electrons. The minimum atomic E-state index is -0.241. The maximum atomic E-state index is 10.1. The fraction of sp³-hybridized carbons (Fsp3) is 1.00. The lowest BCUT2D eigenvalue weighted by atomic mass is 10.1. The van der Waals surface area contributed by atoms with Gasteiger partial charge in [-0.25, -0.2) is 0 Å². The third-order valence-corrected chi connectivity index (χ3v) is 2.44. The monoisotopic (exact) mass is 215 g/mol. The van der Waals surface area contributed by atoms with E-state index < -0.39 is 0 Å². The van der Waals surface area contributed by atoms with Gasteiger partial charge in [-0.3, -0.25) is 4.90 Å². The van der Waals surface area contributed by atoms with Crippen molar-refractivity contribution in [1.29, 1.82) is 0 Å². The molecule has 1 atom stereocenters. The maximum absolute atomic E-state index is 10.1. The predicted octanol–water partition coefficient (Wildman–Crippen LogP) is 3.11. The number of unbranched alkanes of at least 4 members (excludes halogenated alkanes) is 1. The summed E-state index contributed by atoms with van der Waals surface area (Å²) in [6.45, 7) is 13.0. The van der Waals surface area contributed by atoms with Crippen LogP contribution in [0.5, 0.6) is 0 Å². The summed E-state index contributed by atoms with van der Waals surface area (Å²) in [7, 11) is 0. The Morgan fingerprint density at radius 3 is 1.80 bits per heavy atom. The molecule has 0 aromatic carbocycles. The van der Waals surface area contributed by atoms with Crippen LogP contribution in [0.25, 0.3) is 0 Å². The molecule has 0 rings (SSSR count). The van der Waals surface area contributed by atoms with Crippen molar-refractivity contribution in [2.24, 2.45) is 11.8 Å². The standard InChI is InChI=1S/C13H29NO/c1-6-7-8-13(15)14(9-11(2)3)10-12(4)5/h11-13,15H,6-10H2,1-5H3. The Balaban J connectivity index is 4.07. The molecule has 0 aromatic rings. The molecule has 0 saturated heterocycles. The van der Waals surface area contributed by atoms with Crippen LogP contribution in [0.15, 0.2) is 0 Å². The summed E-state index contributed by atoms with van der Waals surface area (Å²) in [5.74, 6) is 1.25. The number of aliphatic hydroxyl groups excluding tert-OH is 1. The van der Waals surface area contributed by atoms with Crippen molar-refractivity contribution < 1.29 is 5.11 Å². The van der Waals surface area contributed by atoms with Gasteiger partial charge in [0.2, 0.25) is 0 Å². The van der Waals surface area contributed by atoms with Gasteiger partial charge in [0.1, 0.15) is 6.23 Å². The molecule has 0 fully saturated rings. The molecule has 0 aliphatic rings. The second-order valence-corrected chi connectivity index (χ2v) is 5.36. The minimum absolute atomic E-state index is 0.241. The van der Waals surface area contributed by atoms with Gasteiger partial charge in [0.25, 0.3) is 0 Å². The van der Waals surface area contributed by atoms with Crippen molar-refractivity contribution in [1.82, 2.24) is 4.90 Å². The van der Waals surface area contributed by atoms with Crippen molar-refractivity contribution in [3.63, 3.8) is 0 Å². The van der Waals surface area contributed by atoms with Gasteiger partial charge in [-0.1, -0.05) is 41.0 Å². The first-order valence-electron chi connectivity index (χ1n) is 6.39. The number of aliphatic hydroxyl groups is 1. The molecule has 0 aliphatic heterocycles. The van der Waals surface area contributed by atoms with E-state index in [9.17, 15) is 5.11 Å². The maximum Gasteiger partial charge on any atom is 0.107 e. The molecule has 0 spiro atoms. The first-order valence-corrected chi connectivity index (χ1v) is 6.39. The van der Waals surface area contributed by atoms with Crippen LogP contribution in [0.2, 0.25) is 0 Å². The average molecular weight is 215 g/mol. The molecular weight excluding hydrogens is 186 g/mol. The lowest BCUT2D eigenvalue weighted by molar-refractivity contribution is -0.0172. The predicted molar refractivity (Wildman–Crippen MR) is 66.8 cm³/mol. The molecule has 2 heteroatoms. The van der Waals surface area contributed by atoms with E-state index in [0.29, 0.717) is 11.8 Å². The van der Waals surface area contributed by atoms with Crippen LogP contribution in [0.1, 0.15) is 53.9 Å². The molecule has 1 unspecified atom stereocenters. The number of hydrogen-bond acceptors (Lipinski definition) is 2. The minimum Gasteiger partial charge on any atom is -0.378 e. The molecule has 0 radical (unpaired) electrons. The van der Waals surface area contributed by atoms with Crippen LogP contribution in [-0.4, -0.2) is 29.3 Å². The number of nitrogens with zero attached hydrogens (tertiary/aromatic N) is 1. The summed E-state index contributed by atoms with van der Waals surface area (Å²) in [6.07, 6.45) is 2.95. The average Bonchev–Trinajstić information content (AvgIpc) is 2.11. The first-order chi connectivity index (χ1) is 6.97. The first kappa shape index (κ1) is 14.9. The van der Waals surface area contributed by atoms with Gasteiger partial charge >= 0.3 is 0 Å². The number of hydrogen-bond donors (Lipinski definition) is 1. The molecule has 15 heavy (non-hydrogen) atoms. The van der Waals surface area contributed by atoms with Crippen LogP contribution >= 0.6 is 0 Å². The quantitative estimate of drug-likeness (QED) is 0.629. The Kier molecular flexibility index (Phi) is 8.07. The van der Waals surface area contributed by atoms with Crippen LogP contribution in [-0.2, 0) is 0 Å². The van der Waals surface area contributed by atoms with Crippen molar-refractivity contribution >= 4 is 0 Å². The summed E-state index contributed by atoms with van der Waals surface area (Å²) >= 11 is 0. The zero-order chi connectivity index (χ0) is 11.8. The van der Waals surface area contributed by atoms with Gasteiger partial charge in [-0.2, -0.15) is 0 Å². The Morgan fingerprint density at radius 2 is 1.47 bits per heavy atom.